The lowest BCUT2D eigenvalue weighted by Gasteiger charge is -2.28. The van der Waals surface area contributed by atoms with Gasteiger partial charge in [0.15, 0.2) is 0 Å². The predicted octanol–water partition coefficient (Wildman–Crippen LogP) is 0.873. The van der Waals surface area contributed by atoms with Crippen LogP contribution in [0.1, 0.15) is 46.0 Å². The first-order chi connectivity index (χ1) is 7.78. The fraction of sp³-hybridized carbons (Fsp3) is 0.833. The summed E-state index contributed by atoms with van der Waals surface area (Å²) in [7, 11) is 0. The van der Waals surface area contributed by atoms with Gasteiger partial charge >= 0.3 is 5.97 Å². The third kappa shape index (κ3) is 5.17. The highest BCUT2D eigenvalue weighted by atomic mass is 16.4. The molecule has 4 N–H and O–H groups in total. The maximum atomic E-state index is 11.6. The van der Waals surface area contributed by atoms with Crippen LogP contribution in [0.2, 0.25) is 0 Å². The number of nitrogens with one attached hydrogen (secondary N) is 1. The number of carboxylic acid groups (broad SMARTS) is 1. The number of carbonyl (C=O) groups is 2. The van der Waals surface area contributed by atoms with E-state index in [1.807, 2.05) is 13.8 Å². The lowest BCUT2D eigenvalue weighted by atomic mass is 9.86. The normalized spacial score (nSPS) is 25.4. The van der Waals surface area contributed by atoms with E-state index in [1.165, 1.54) is 0 Å². The van der Waals surface area contributed by atoms with Crippen LogP contribution >= 0.6 is 0 Å². The van der Waals surface area contributed by atoms with E-state index in [1.54, 1.807) is 0 Å². The lowest BCUT2D eigenvalue weighted by Crippen LogP contribution is -2.44. The zero-order chi connectivity index (χ0) is 13.1. The number of hydrogen-bond donors (Lipinski definition) is 3. The van der Waals surface area contributed by atoms with E-state index in [9.17, 15) is 9.59 Å². The zero-order valence-electron chi connectivity index (χ0n) is 10.5. The van der Waals surface area contributed by atoms with Crippen molar-refractivity contribution in [2.45, 2.75) is 57.5 Å². The monoisotopic (exact) mass is 242 g/mol. The molecule has 5 heteroatoms. The fourth-order valence-electron chi connectivity index (χ4n) is 2.18. The van der Waals surface area contributed by atoms with Crippen molar-refractivity contribution in [2.75, 3.05) is 0 Å². The molecule has 0 aromatic carbocycles. The van der Waals surface area contributed by atoms with E-state index in [0.29, 0.717) is 19.3 Å². The van der Waals surface area contributed by atoms with Gasteiger partial charge in [0, 0.05) is 18.0 Å². The molecular weight excluding hydrogens is 220 g/mol. The maximum absolute atomic E-state index is 11.6. The van der Waals surface area contributed by atoms with Crippen molar-refractivity contribution in [3.63, 3.8) is 0 Å². The molecule has 1 aliphatic carbocycles. The molecule has 0 saturated heterocycles. The van der Waals surface area contributed by atoms with Crippen LogP contribution in [0, 0.1) is 5.92 Å². The van der Waals surface area contributed by atoms with E-state index in [-0.39, 0.29) is 17.9 Å². The van der Waals surface area contributed by atoms with Crippen LogP contribution in [0.3, 0.4) is 0 Å². The summed E-state index contributed by atoms with van der Waals surface area (Å²) in [5.74, 6) is -1.01. The molecular formula is C12H22N2O3. The molecule has 0 aromatic heterocycles. The predicted molar refractivity (Wildman–Crippen MR) is 64.4 cm³/mol. The average Bonchev–Trinajstić information content (AvgIpc) is 2.15. The van der Waals surface area contributed by atoms with Crippen molar-refractivity contribution in [3.05, 3.63) is 0 Å². The average molecular weight is 242 g/mol. The Morgan fingerprint density at radius 3 is 2.24 bits per heavy atom. The molecule has 0 aliphatic heterocycles. The number of carboxylic acids is 1. The number of amides is 1. The summed E-state index contributed by atoms with van der Waals surface area (Å²) in [5.41, 5.74) is 5.27. The molecule has 0 heterocycles. The summed E-state index contributed by atoms with van der Waals surface area (Å²) in [6, 6.07) is 0.112. The Balaban J connectivity index is 2.31. The molecule has 0 spiro atoms. The minimum absolute atomic E-state index is 0.0451. The first kappa shape index (κ1) is 14.0. The Kier molecular flexibility index (Phi) is 4.51. The van der Waals surface area contributed by atoms with Crippen molar-refractivity contribution in [2.24, 2.45) is 11.7 Å². The van der Waals surface area contributed by atoms with Crippen molar-refractivity contribution in [1.82, 2.24) is 5.32 Å². The summed E-state index contributed by atoms with van der Waals surface area (Å²) in [5, 5.41) is 11.8. The molecule has 0 unspecified atom stereocenters. The van der Waals surface area contributed by atoms with Gasteiger partial charge in [0.05, 0.1) is 5.92 Å². The topological polar surface area (TPSA) is 92.4 Å². The summed E-state index contributed by atoms with van der Waals surface area (Å²) in [4.78, 5) is 22.4. The second-order valence-corrected chi connectivity index (χ2v) is 5.62. The molecule has 0 bridgehead atoms. The summed E-state index contributed by atoms with van der Waals surface area (Å²) >= 11 is 0. The third-order valence-corrected chi connectivity index (χ3v) is 3.06. The van der Waals surface area contributed by atoms with Crippen LogP contribution in [0.15, 0.2) is 0 Å². The molecule has 1 saturated carbocycles. The molecule has 98 valence electrons. The van der Waals surface area contributed by atoms with Crippen LogP contribution in [0.25, 0.3) is 0 Å². The maximum Gasteiger partial charge on any atom is 0.306 e. The third-order valence-electron chi connectivity index (χ3n) is 3.06. The first-order valence-electron chi connectivity index (χ1n) is 6.09. The van der Waals surface area contributed by atoms with Gasteiger partial charge < -0.3 is 16.2 Å². The molecule has 1 fully saturated rings. The van der Waals surface area contributed by atoms with Crippen LogP contribution in [-0.4, -0.2) is 28.6 Å². The van der Waals surface area contributed by atoms with Gasteiger partial charge in [-0.1, -0.05) is 0 Å². The lowest BCUT2D eigenvalue weighted by molar-refractivity contribution is -0.142. The number of carbonyl (C=O) groups excluding carboxylic acids is 1. The Morgan fingerprint density at radius 1 is 1.29 bits per heavy atom. The molecule has 1 rings (SSSR count). The minimum atomic E-state index is -0.724. The summed E-state index contributed by atoms with van der Waals surface area (Å²) in [6.45, 7) is 3.63. The zero-order valence-corrected chi connectivity index (χ0v) is 10.5. The Bertz CT molecular complexity index is 289. The van der Waals surface area contributed by atoms with Crippen molar-refractivity contribution >= 4 is 11.9 Å². The number of hydrogen-bond acceptors (Lipinski definition) is 3. The van der Waals surface area contributed by atoms with Gasteiger partial charge in [-0.15, -0.1) is 0 Å². The largest absolute Gasteiger partial charge is 0.481 e. The van der Waals surface area contributed by atoms with Gasteiger partial charge in [-0.05, 0) is 39.5 Å². The molecule has 5 nitrogen and oxygen atoms in total. The fourth-order valence-corrected chi connectivity index (χ4v) is 2.18. The van der Waals surface area contributed by atoms with Crippen LogP contribution < -0.4 is 11.1 Å². The highest BCUT2D eigenvalue weighted by molar-refractivity contribution is 5.77. The van der Waals surface area contributed by atoms with Crippen LogP contribution in [0.5, 0.6) is 0 Å². The number of nitrogens with two attached hydrogens (primary N) is 1. The Morgan fingerprint density at radius 2 is 1.82 bits per heavy atom. The van der Waals surface area contributed by atoms with E-state index in [2.05, 4.69) is 5.32 Å². The van der Waals surface area contributed by atoms with Gasteiger partial charge in [-0.25, -0.2) is 0 Å². The van der Waals surface area contributed by atoms with Crippen molar-refractivity contribution in [1.29, 1.82) is 0 Å². The molecule has 0 atom stereocenters. The molecule has 1 amide bonds. The van der Waals surface area contributed by atoms with E-state index < -0.39 is 11.5 Å². The van der Waals surface area contributed by atoms with Crippen LogP contribution in [-0.2, 0) is 9.59 Å². The highest BCUT2D eigenvalue weighted by Gasteiger charge is 2.27. The number of aliphatic carboxylic acids is 1. The van der Waals surface area contributed by atoms with Gasteiger partial charge in [-0.3, -0.25) is 9.59 Å². The minimum Gasteiger partial charge on any atom is -0.481 e. The molecule has 1 aliphatic rings. The smallest absolute Gasteiger partial charge is 0.306 e. The molecule has 17 heavy (non-hydrogen) atoms. The number of rotatable bonds is 4. The quantitative estimate of drug-likeness (QED) is 0.682. The van der Waals surface area contributed by atoms with E-state index in [0.717, 1.165) is 12.8 Å². The van der Waals surface area contributed by atoms with Gasteiger partial charge in [-0.2, -0.15) is 0 Å². The highest BCUT2D eigenvalue weighted by Crippen LogP contribution is 2.24. The van der Waals surface area contributed by atoms with Crippen molar-refractivity contribution in [3.8, 4) is 0 Å². The summed E-state index contributed by atoms with van der Waals surface area (Å²) in [6.07, 6.45) is 3.08. The Hall–Kier alpha value is -1.10. The Labute approximate surface area is 102 Å². The van der Waals surface area contributed by atoms with Crippen molar-refractivity contribution < 1.29 is 14.7 Å². The van der Waals surface area contributed by atoms with E-state index >= 15 is 0 Å². The van der Waals surface area contributed by atoms with Crippen LogP contribution in [0.4, 0.5) is 0 Å². The molecule has 0 aromatic rings. The standard InChI is InChI=1S/C12H22N2O3/c1-12(2,13)7-10(15)14-9-5-3-8(4-6-9)11(16)17/h8-9H,3-7,13H2,1-2H3,(H,14,15)(H,16,17). The summed E-state index contributed by atoms with van der Waals surface area (Å²) < 4.78 is 0. The molecule has 0 radical (unpaired) electrons. The first-order valence-corrected chi connectivity index (χ1v) is 6.09. The SMILES string of the molecule is CC(C)(N)CC(=O)NC1CCC(C(=O)O)CC1. The second-order valence-electron chi connectivity index (χ2n) is 5.62. The van der Waals surface area contributed by atoms with Gasteiger partial charge in [0.1, 0.15) is 0 Å². The van der Waals surface area contributed by atoms with Gasteiger partial charge in [0.2, 0.25) is 5.91 Å². The second kappa shape index (κ2) is 5.49. The van der Waals surface area contributed by atoms with E-state index in [4.69, 9.17) is 10.8 Å². The van der Waals surface area contributed by atoms with Gasteiger partial charge in [0.25, 0.3) is 0 Å².